The number of piperidine rings is 1. The molecule has 0 saturated carbocycles. The Morgan fingerprint density at radius 2 is 2.30 bits per heavy atom. The maximum absolute atomic E-state index is 13.8. The fourth-order valence-corrected chi connectivity index (χ4v) is 3.26. The molecule has 0 aromatic carbocycles. The minimum Gasteiger partial charge on any atom is -0.365 e. The minimum atomic E-state index is -0.375. The van der Waals surface area contributed by atoms with Crippen LogP contribution in [0.5, 0.6) is 0 Å². The van der Waals surface area contributed by atoms with Gasteiger partial charge in [0.1, 0.15) is 0 Å². The standard InChI is InChI=1S/C14H22FN5/c1-2-16-14-17-9-12(15)13(19-14)18-10-5-7-20-6-3-4-11(20)8-10/h9-11H,2-8H2,1H3,(H2,16,17,18,19). The molecule has 0 spiro atoms. The van der Waals surface area contributed by atoms with Crippen LogP contribution in [0.15, 0.2) is 6.20 Å². The van der Waals surface area contributed by atoms with Gasteiger partial charge >= 0.3 is 0 Å². The van der Waals surface area contributed by atoms with E-state index in [2.05, 4.69) is 25.5 Å². The van der Waals surface area contributed by atoms with Crippen molar-refractivity contribution in [1.29, 1.82) is 0 Å². The van der Waals surface area contributed by atoms with Crippen molar-refractivity contribution in [3.8, 4) is 0 Å². The van der Waals surface area contributed by atoms with Crippen molar-refractivity contribution >= 4 is 11.8 Å². The first kappa shape index (κ1) is 13.5. The number of anilines is 2. The second-order valence-corrected chi connectivity index (χ2v) is 5.62. The van der Waals surface area contributed by atoms with Gasteiger partial charge in [-0.3, -0.25) is 0 Å². The zero-order chi connectivity index (χ0) is 13.9. The molecule has 2 N–H and O–H groups in total. The molecule has 2 saturated heterocycles. The summed E-state index contributed by atoms with van der Waals surface area (Å²) in [5.74, 6) is 0.433. The molecule has 2 unspecified atom stereocenters. The molecule has 2 aliphatic heterocycles. The summed E-state index contributed by atoms with van der Waals surface area (Å²) in [7, 11) is 0. The Labute approximate surface area is 119 Å². The first-order valence-electron chi connectivity index (χ1n) is 7.53. The Kier molecular flexibility index (Phi) is 4.00. The molecule has 20 heavy (non-hydrogen) atoms. The van der Waals surface area contributed by atoms with Gasteiger partial charge in [-0.2, -0.15) is 4.98 Å². The van der Waals surface area contributed by atoms with Crippen LogP contribution in [0.3, 0.4) is 0 Å². The van der Waals surface area contributed by atoms with Gasteiger partial charge < -0.3 is 15.5 Å². The van der Waals surface area contributed by atoms with Gasteiger partial charge in [-0.15, -0.1) is 0 Å². The summed E-state index contributed by atoms with van der Waals surface area (Å²) in [6, 6.07) is 0.979. The molecule has 0 amide bonds. The molecule has 2 fully saturated rings. The number of aromatic nitrogens is 2. The molecule has 2 atom stereocenters. The first-order valence-corrected chi connectivity index (χ1v) is 7.53. The lowest BCUT2D eigenvalue weighted by molar-refractivity contribution is 0.188. The second kappa shape index (κ2) is 5.91. The summed E-state index contributed by atoms with van der Waals surface area (Å²) < 4.78 is 13.8. The Balaban J connectivity index is 1.66. The third kappa shape index (κ3) is 2.85. The van der Waals surface area contributed by atoms with Crippen LogP contribution in [0.4, 0.5) is 16.2 Å². The molecule has 0 bridgehead atoms. The van der Waals surface area contributed by atoms with Crippen molar-refractivity contribution < 1.29 is 4.39 Å². The molecule has 6 heteroatoms. The van der Waals surface area contributed by atoms with E-state index in [0.717, 1.165) is 25.9 Å². The summed E-state index contributed by atoms with van der Waals surface area (Å²) in [4.78, 5) is 10.7. The molecular formula is C14H22FN5. The summed E-state index contributed by atoms with van der Waals surface area (Å²) >= 11 is 0. The highest BCUT2D eigenvalue weighted by atomic mass is 19.1. The van der Waals surface area contributed by atoms with Crippen molar-refractivity contribution in [2.75, 3.05) is 30.3 Å². The third-order valence-corrected chi connectivity index (χ3v) is 4.24. The molecule has 2 aliphatic rings. The molecule has 0 aliphatic carbocycles. The number of nitrogens with one attached hydrogen (secondary N) is 2. The highest BCUT2D eigenvalue weighted by Gasteiger charge is 2.32. The van der Waals surface area contributed by atoms with Gasteiger partial charge in [-0.25, -0.2) is 9.37 Å². The first-order chi connectivity index (χ1) is 9.76. The highest BCUT2D eigenvalue weighted by molar-refractivity contribution is 5.42. The quantitative estimate of drug-likeness (QED) is 0.884. The Bertz CT molecular complexity index is 467. The van der Waals surface area contributed by atoms with Gasteiger partial charge in [0.25, 0.3) is 0 Å². The molecule has 3 heterocycles. The maximum atomic E-state index is 13.8. The van der Waals surface area contributed by atoms with Crippen LogP contribution in [0.2, 0.25) is 0 Å². The topological polar surface area (TPSA) is 53.1 Å². The summed E-state index contributed by atoms with van der Waals surface area (Å²) in [6.45, 7) is 5.03. The molecule has 5 nitrogen and oxygen atoms in total. The van der Waals surface area contributed by atoms with Gasteiger partial charge in [0.2, 0.25) is 5.95 Å². The monoisotopic (exact) mass is 279 g/mol. The lowest BCUT2D eigenvalue weighted by Crippen LogP contribution is -2.43. The fourth-order valence-electron chi connectivity index (χ4n) is 3.26. The molecule has 0 radical (unpaired) electrons. The summed E-state index contributed by atoms with van der Waals surface area (Å²) in [5, 5.41) is 6.28. The summed E-state index contributed by atoms with van der Waals surface area (Å²) in [6.07, 6.45) is 5.94. The zero-order valence-electron chi connectivity index (χ0n) is 11.9. The predicted octanol–water partition coefficient (Wildman–Crippen LogP) is 2.09. The molecule has 110 valence electrons. The number of hydrogen-bond acceptors (Lipinski definition) is 5. The number of fused-ring (bicyclic) bond motifs is 1. The highest BCUT2D eigenvalue weighted by Crippen LogP contribution is 2.28. The van der Waals surface area contributed by atoms with E-state index >= 15 is 0 Å². The average molecular weight is 279 g/mol. The van der Waals surface area contributed by atoms with E-state index in [0.29, 0.717) is 23.8 Å². The largest absolute Gasteiger partial charge is 0.365 e. The van der Waals surface area contributed by atoms with Crippen LogP contribution in [0, 0.1) is 5.82 Å². The van der Waals surface area contributed by atoms with E-state index in [1.165, 1.54) is 25.6 Å². The van der Waals surface area contributed by atoms with E-state index in [9.17, 15) is 4.39 Å². The Morgan fingerprint density at radius 3 is 3.15 bits per heavy atom. The lowest BCUT2D eigenvalue weighted by atomic mass is 9.97. The van der Waals surface area contributed by atoms with Crippen molar-refractivity contribution in [3.63, 3.8) is 0 Å². The van der Waals surface area contributed by atoms with Crippen molar-refractivity contribution in [2.24, 2.45) is 0 Å². The molecule has 1 aromatic rings. The van der Waals surface area contributed by atoms with Crippen LogP contribution in [0.1, 0.15) is 32.6 Å². The summed E-state index contributed by atoms with van der Waals surface area (Å²) in [5.41, 5.74) is 0. The van der Waals surface area contributed by atoms with Crippen molar-refractivity contribution in [3.05, 3.63) is 12.0 Å². The van der Waals surface area contributed by atoms with Crippen LogP contribution in [-0.4, -0.2) is 46.6 Å². The zero-order valence-corrected chi connectivity index (χ0v) is 11.9. The SMILES string of the molecule is CCNc1ncc(F)c(NC2CCN3CCCC3C2)n1. The minimum absolute atomic E-state index is 0.313. The number of hydrogen-bond donors (Lipinski definition) is 2. The Morgan fingerprint density at radius 1 is 1.40 bits per heavy atom. The number of rotatable bonds is 4. The van der Waals surface area contributed by atoms with Crippen LogP contribution in [0.25, 0.3) is 0 Å². The predicted molar refractivity (Wildman–Crippen MR) is 77.4 cm³/mol. The second-order valence-electron chi connectivity index (χ2n) is 5.62. The average Bonchev–Trinajstić information content (AvgIpc) is 2.90. The fraction of sp³-hybridized carbons (Fsp3) is 0.714. The Hall–Kier alpha value is -1.43. The maximum Gasteiger partial charge on any atom is 0.224 e. The van der Waals surface area contributed by atoms with Crippen LogP contribution >= 0.6 is 0 Å². The van der Waals surface area contributed by atoms with Crippen molar-refractivity contribution in [2.45, 2.75) is 44.7 Å². The van der Waals surface area contributed by atoms with Crippen molar-refractivity contribution in [1.82, 2.24) is 14.9 Å². The molecular weight excluding hydrogens is 257 g/mol. The molecule has 1 aromatic heterocycles. The van der Waals surface area contributed by atoms with Crippen LogP contribution in [-0.2, 0) is 0 Å². The van der Waals surface area contributed by atoms with Gasteiger partial charge in [0, 0.05) is 25.2 Å². The van der Waals surface area contributed by atoms with Gasteiger partial charge in [-0.1, -0.05) is 0 Å². The van der Waals surface area contributed by atoms with E-state index in [-0.39, 0.29) is 5.82 Å². The van der Waals surface area contributed by atoms with Gasteiger partial charge in [-0.05, 0) is 39.2 Å². The van der Waals surface area contributed by atoms with E-state index in [1.54, 1.807) is 0 Å². The third-order valence-electron chi connectivity index (χ3n) is 4.24. The normalized spacial score (nSPS) is 26.3. The van der Waals surface area contributed by atoms with Gasteiger partial charge in [0.05, 0.1) is 6.20 Å². The van der Waals surface area contributed by atoms with Gasteiger partial charge in [0.15, 0.2) is 11.6 Å². The smallest absolute Gasteiger partial charge is 0.224 e. The lowest BCUT2D eigenvalue weighted by Gasteiger charge is -2.35. The van der Waals surface area contributed by atoms with E-state index in [1.807, 2.05) is 6.92 Å². The van der Waals surface area contributed by atoms with E-state index < -0.39 is 0 Å². The van der Waals surface area contributed by atoms with E-state index in [4.69, 9.17) is 0 Å². The van der Waals surface area contributed by atoms with Crippen LogP contribution < -0.4 is 10.6 Å². The number of nitrogens with zero attached hydrogens (tertiary/aromatic N) is 3. The molecule has 3 rings (SSSR count). The number of halogens is 1.